The van der Waals surface area contributed by atoms with Crippen molar-refractivity contribution in [2.24, 2.45) is 23.7 Å². The van der Waals surface area contributed by atoms with E-state index in [1.54, 1.807) is 6.92 Å². The Balaban J connectivity index is 1.60. The number of rotatable bonds is 4. The summed E-state index contributed by atoms with van der Waals surface area (Å²) in [6.07, 6.45) is 4.10. The maximum absolute atomic E-state index is 12.1. The molecule has 0 radical (unpaired) electrons. The Morgan fingerprint density at radius 1 is 1.35 bits per heavy atom. The van der Waals surface area contributed by atoms with E-state index >= 15 is 0 Å². The average Bonchev–Trinajstić information content (AvgIpc) is 2.79. The van der Waals surface area contributed by atoms with Crippen LogP contribution in [0, 0.1) is 23.7 Å². The fraction of sp³-hybridized carbons (Fsp3) is 0.769. The molecular formula is C13H19N3O2S2. The number of nitrogens with zero attached hydrogens (tertiary/aromatic N) is 1. The number of anilines is 2. The molecule has 3 aliphatic carbocycles. The zero-order valence-electron chi connectivity index (χ0n) is 11.4. The van der Waals surface area contributed by atoms with Crippen LogP contribution in [0.25, 0.3) is 0 Å². The van der Waals surface area contributed by atoms with Crippen LogP contribution < -0.4 is 11.1 Å². The van der Waals surface area contributed by atoms with E-state index in [-0.39, 0.29) is 16.5 Å². The lowest BCUT2D eigenvalue weighted by Gasteiger charge is -2.11. The van der Waals surface area contributed by atoms with Crippen LogP contribution in [0.15, 0.2) is 4.90 Å². The lowest BCUT2D eigenvalue weighted by Crippen LogP contribution is -2.15. The highest BCUT2D eigenvalue weighted by Crippen LogP contribution is 2.66. The Kier molecular flexibility index (Phi) is 2.64. The first-order chi connectivity index (χ1) is 9.53. The highest BCUT2D eigenvalue weighted by Gasteiger charge is 2.65. The zero-order chi connectivity index (χ0) is 14.1. The molecular weight excluding hydrogens is 294 g/mol. The van der Waals surface area contributed by atoms with Gasteiger partial charge in [-0.1, -0.05) is 6.92 Å². The van der Waals surface area contributed by atoms with Gasteiger partial charge in [0.25, 0.3) is 0 Å². The number of hydrogen-bond acceptors (Lipinski definition) is 6. The van der Waals surface area contributed by atoms with Gasteiger partial charge in [-0.25, -0.2) is 8.42 Å². The van der Waals surface area contributed by atoms with E-state index in [9.17, 15) is 8.42 Å². The van der Waals surface area contributed by atoms with E-state index in [1.807, 2.05) is 0 Å². The molecule has 1 aromatic heterocycles. The third-order valence-corrected chi connectivity index (χ3v) is 8.12. The van der Waals surface area contributed by atoms with E-state index in [0.717, 1.165) is 23.7 Å². The van der Waals surface area contributed by atoms with E-state index in [2.05, 4.69) is 9.69 Å². The van der Waals surface area contributed by atoms with Gasteiger partial charge in [-0.2, -0.15) is 4.37 Å². The Bertz CT molecular complexity index is 639. The van der Waals surface area contributed by atoms with Crippen molar-refractivity contribution in [3.8, 4) is 0 Å². The van der Waals surface area contributed by atoms with E-state index < -0.39 is 9.84 Å². The third-order valence-electron chi connectivity index (χ3n) is 5.40. The second kappa shape index (κ2) is 4.10. The first-order valence-electron chi connectivity index (χ1n) is 7.27. The van der Waals surface area contributed by atoms with Crippen LogP contribution in [-0.4, -0.2) is 24.6 Å². The van der Waals surface area contributed by atoms with E-state index in [0.29, 0.717) is 11.0 Å². The smallest absolute Gasteiger partial charge is 0.184 e. The van der Waals surface area contributed by atoms with Crippen LogP contribution in [0.2, 0.25) is 0 Å². The molecule has 4 rings (SSSR count). The van der Waals surface area contributed by atoms with Crippen LogP contribution in [0.5, 0.6) is 0 Å². The predicted octanol–water partition coefficient (Wildman–Crippen LogP) is 1.98. The molecule has 4 unspecified atom stereocenters. The Hall–Kier alpha value is -0.820. The summed E-state index contributed by atoms with van der Waals surface area (Å²) >= 11 is 1.18. The standard InChI is InChI=1S/C13H19N3O2S2/c1-2-20(17,18)11-12(14)16-19-13(11)15-10-8-6-3-4-7(5-6)9(8)10/h6-10,15H,2-5H2,1H3,(H2,14,16). The number of sulfone groups is 1. The molecule has 1 aromatic rings. The van der Waals surface area contributed by atoms with Gasteiger partial charge in [-0.15, -0.1) is 0 Å². The van der Waals surface area contributed by atoms with Crippen LogP contribution >= 0.6 is 11.5 Å². The summed E-state index contributed by atoms with van der Waals surface area (Å²) in [5.41, 5.74) is 5.76. The van der Waals surface area contributed by atoms with Crippen molar-refractivity contribution < 1.29 is 8.42 Å². The topological polar surface area (TPSA) is 85.1 Å². The molecule has 110 valence electrons. The van der Waals surface area contributed by atoms with Gasteiger partial charge >= 0.3 is 0 Å². The van der Waals surface area contributed by atoms with Crippen LogP contribution in [0.3, 0.4) is 0 Å². The maximum Gasteiger partial charge on any atom is 0.184 e. The third kappa shape index (κ3) is 1.65. The van der Waals surface area contributed by atoms with Gasteiger partial charge in [0.15, 0.2) is 15.7 Å². The van der Waals surface area contributed by atoms with Crippen LogP contribution in [0.1, 0.15) is 26.2 Å². The molecule has 0 aromatic carbocycles. The number of hydrogen-bond donors (Lipinski definition) is 2. The van der Waals surface area contributed by atoms with Gasteiger partial charge < -0.3 is 11.1 Å². The van der Waals surface area contributed by atoms with Crippen LogP contribution in [-0.2, 0) is 9.84 Å². The van der Waals surface area contributed by atoms with Crippen molar-refractivity contribution in [3.05, 3.63) is 0 Å². The number of fused-ring (bicyclic) bond motifs is 5. The summed E-state index contributed by atoms with van der Waals surface area (Å²) in [6.45, 7) is 1.64. The first-order valence-corrected chi connectivity index (χ1v) is 9.70. The van der Waals surface area contributed by atoms with Gasteiger partial charge in [0.2, 0.25) is 0 Å². The Morgan fingerprint density at radius 3 is 2.60 bits per heavy atom. The van der Waals surface area contributed by atoms with Crippen molar-refractivity contribution in [3.63, 3.8) is 0 Å². The highest BCUT2D eigenvalue weighted by molar-refractivity contribution is 7.91. The number of nitrogens with one attached hydrogen (secondary N) is 1. The fourth-order valence-corrected chi connectivity index (χ4v) is 6.70. The fourth-order valence-electron chi connectivity index (χ4n) is 4.50. The summed E-state index contributed by atoms with van der Waals surface area (Å²) in [5, 5.41) is 4.10. The van der Waals surface area contributed by atoms with Crippen LogP contribution in [0.4, 0.5) is 10.8 Å². The average molecular weight is 313 g/mol. The Labute approximate surface area is 123 Å². The zero-order valence-corrected chi connectivity index (χ0v) is 13.0. The Morgan fingerprint density at radius 2 is 2.00 bits per heavy atom. The second-order valence-corrected chi connectivity index (χ2v) is 9.28. The van der Waals surface area contributed by atoms with Gasteiger partial charge in [0.1, 0.15) is 9.90 Å². The molecule has 0 amide bonds. The van der Waals surface area contributed by atoms with E-state index in [4.69, 9.17) is 5.73 Å². The van der Waals surface area contributed by atoms with Crippen molar-refractivity contribution in [2.45, 2.75) is 37.1 Å². The lowest BCUT2D eigenvalue weighted by molar-refractivity contribution is 0.456. The largest absolute Gasteiger partial charge is 0.382 e. The number of aromatic nitrogens is 1. The second-order valence-electron chi connectivity index (χ2n) is 6.29. The monoisotopic (exact) mass is 313 g/mol. The summed E-state index contributed by atoms with van der Waals surface area (Å²) in [7, 11) is -3.31. The number of nitrogens with two attached hydrogens (primary N) is 1. The number of nitrogen functional groups attached to an aromatic ring is 1. The molecule has 20 heavy (non-hydrogen) atoms. The van der Waals surface area contributed by atoms with Gasteiger partial charge in [-0.3, -0.25) is 0 Å². The summed E-state index contributed by atoms with van der Waals surface area (Å²) in [5.74, 6) is 3.45. The highest BCUT2D eigenvalue weighted by atomic mass is 32.2. The summed E-state index contributed by atoms with van der Waals surface area (Å²) in [6, 6.07) is 0.451. The van der Waals surface area contributed by atoms with Crippen molar-refractivity contribution >= 4 is 32.2 Å². The maximum atomic E-state index is 12.1. The van der Waals surface area contributed by atoms with Gasteiger partial charge in [-0.05, 0) is 54.5 Å². The van der Waals surface area contributed by atoms with Gasteiger partial charge in [0, 0.05) is 6.04 Å². The quantitative estimate of drug-likeness (QED) is 0.888. The molecule has 4 atom stereocenters. The SMILES string of the molecule is CCS(=O)(=O)c1c(N)nsc1NC1C2C3CCC(C3)C12. The van der Waals surface area contributed by atoms with Crippen molar-refractivity contribution in [1.29, 1.82) is 0 Å². The van der Waals surface area contributed by atoms with E-state index in [1.165, 1.54) is 30.8 Å². The molecule has 0 spiro atoms. The normalized spacial score (nSPS) is 38.0. The minimum Gasteiger partial charge on any atom is -0.382 e. The molecule has 5 nitrogen and oxygen atoms in total. The molecule has 0 aliphatic heterocycles. The molecule has 2 bridgehead atoms. The van der Waals surface area contributed by atoms with Crippen molar-refractivity contribution in [1.82, 2.24) is 4.37 Å². The molecule has 7 heteroatoms. The first kappa shape index (κ1) is 12.9. The minimum atomic E-state index is -3.31. The molecule has 1 heterocycles. The predicted molar refractivity (Wildman–Crippen MR) is 79.5 cm³/mol. The summed E-state index contributed by atoms with van der Waals surface area (Å²) in [4.78, 5) is 0.224. The molecule has 3 aliphatic rings. The molecule has 3 fully saturated rings. The molecule has 3 saturated carbocycles. The minimum absolute atomic E-state index is 0.0626. The molecule has 3 N–H and O–H groups in total. The lowest BCUT2D eigenvalue weighted by atomic mass is 10.0. The molecule has 0 saturated heterocycles. The van der Waals surface area contributed by atoms with Gasteiger partial charge in [0.05, 0.1) is 5.75 Å². The summed E-state index contributed by atoms with van der Waals surface area (Å²) < 4.78 is 28.3. The van der Waals surface area contributed by atoms with Crippen molar-refractivity contribution in [2.75, 3.05) is 16.8 Å².